The van der Waals surface area contributed by atoms with E-state index >= 15 is 0 Å². The Kier molecular flexibility index (Phi) is 5.48. The second-order valence-electron chi connectivity index (χ2n) is 4.34. The Hall–Kier alpha value is -2.89. The first-order valence-corrected chi connectivity index (χ1v) is 6.51. The van der Waals surface area contributed by atoms with Gasteiger partial charge in [0.25, 0.3) is 0 Å². The number of nitrogens with one attached hydrogen (secondary N) is 2. The van der Waals surface area contributed by atoms with Crippen LogP contribution in [-0.2, 0) is 16.2 Å². The molecule has 0 aliphatic rings. The average Bonchev–Trinajstić information content (AvgIpc) is 2.52. The van der Waals surface area contributed by atoms with Crippen LogP contribution in [0.2, 0.25) is 0 Å². The third kappa shape index (κ3) is 4.59. The maximum absolute atomic E-state index is 12.8. The Bertz CT molecular complexity index is 670. The van der Waals surface area contributed by atoms with Crippen molar-refractivity contribution in [3.63, 3.8) is 0 Å². The van der Waals surface area contributed by atoms with Crippen molar-refractivity contribution >= 4 is 23.3 Å². The Labute approximate surface area is 126 Å². The molecule has 6 nitrogen and oxygen atoms in total. The van der Waals surface area contributed by atoms with Crippen molar-refractivity contribution in [1.82, 2.24) is 4.98 Å². The number of rotatable bonds is 7. The maximum Gasteiger partial charge on any atom is 0.151 e. The Morgan fingerprint density at radius 2 is 2.05 bits per heavy atom. The van der Waals surface area contributed by atoms with Crippen LogP contribution in [0.4, 0.5) is 21.7 Å². The minimum Gasteiger partial charge on any atom is -0.382 e. The van der Waals surface area contributed by atoms with Gasteiger partial charge in [-0.15, -0.1) is 0 Å². The van der Waals surface area contributed by atoms with Gasteiger partial charge in [-0.25, -0.2) is 14.2 Å². The predicted octanol–water partition coefficient (Wildman–Crippen LogP) is 2.15. The molecular formula is C15H15FN4O2. The number of nitrogens with two attached hydrogens (primary N) is 1. The molecule has 0 fully saturated rings. The number of nitrogen functional groups attached to an aromatic ring is 1. The molecule has 1 heterocycles. The van der Waals surface area contributed by atoms with E-state index in [1.807, 2.05) is 0 Å². The molecule has 0 radical (unpaired) electrons. The quantitative estimate of drug-likeness (QED) is 0.412. The smallest absolute Gasteiger partial charge is 0.151 e. The summed E-state index contributed by atoms with van der Waals surface area (Å²) in [5, 5.41) is 3.09. The van der Waals surface area contributed by atoms with Crippen molar-refractivity contribution in [3.05, 3.63) is 53.9 Å². The first kappa shape index (κ1) is 15.5. The van der Waals surface area contributed by atoms with Gasteiger partial charge in [0.15, 0.2) is 5.82 Å². The van der Waals surface area contributed by atoms with Gasteiger partial charge in [-0.1, -0.05) is 12.1 Å². The Balaban J connectivity index is 1.91. The van der Waals surface area contributed by atoms with E-state index in [4.69, 9.17) is 10.6 Å². The van der Waals surface area contributed by atoms with Crippen molar-refractivity contribution in [3.8, 4) is 0 Å². The van der Waals surface area contributed by atoms with E-state index in [-0.39, 0.29) is 18.2 Å². The fourth-order valence-electron chi connectivity index (χ4n) is 1.65. The van der Waals surface area contributed by atoms with Gasteiger partial charge in [-0.3, -0.25) is 10.3 Å². The molecule has 22 heavy (non-hydrogen) atoms. The number of benzene rings is 1. The van der Waals surface area contributed by atoms with Crippen molar-refractivity contribution in [1.29, 1.82) is 0 Å². The molecule has 0 spiro atoms. The number of nitrogens with zero attached hydrogens (tertiary/aromatic N) is 1. The summed E-state index contributed by atoms with van der Waals surface area (Å²) in [6.07, 6.45) is 1.19. The molecule has 0 aliphatic heterocycles. The third-order valence-corrected chi connectivity index (χ3v) is 2.74. The highest BCUT2D eigenvalue weighted by Crippen LogP contribution is 2.19. The summed E-state index contributed by atoms with van der Waals surface area (Å²) in [7, 11) is 0. The van der Waals surface area contributed by atoms with E-state index in [1.54, 1.807) is 30.2 Å². The monoisotopic (exact) mass is 302 g/mol. The molecule has 0 saturated carbocycles. The van der Waals surface area contributed by atoms with Crippen LogP contribution in [0.15, 0.2) is 42.5 Å². The number of hydrogen-bond acceptors (Lipinski definition) is 6. The summed E-state index contributed by atoms with van der Waals surface area (Å²) >= 11 is 0. The Morgan fingerprint density at radius 3 is 2.73 bits per heavy atom. The summed E-state index contributed by atoms with van der Waals surface area (Å²) in [5.74, 6) is 2.15. The van der Waals surface area contributed by atoms with Crippen LogP contribution in [0.5, 0.6) is 0 Å². The molecule has 7 heteroatoms. The van der Waals surface area contributed by atoms with Crippen LogP contribution in [0, 0.1) is 5.82 Å². The summed E-state index contributed by atoms with van der Waals surface area (Å²) in [6, 6.07) is 9.60. The van der Waals surface area contributed by atoms with E-state index in [9.17, 15) is 9.18 Å². The average molecular weight is 302 g/mol. The zero-order chi connectivity index (χ0) is 15.8. The molecule has 2 aromatic rings. The molecule has 0 unspecified atom stereocenters. The molecular weight excluding hydrogens is 287 g/mol. The molecule has 1 aromatic heterocycles. The molecule has 2 rings (SSSR count). The van der Waals surface area contributed by atoms with Gasteiger partial charge in [0.2, 0.25) is 0 Å². The van der Waals surface area contributed by atoms with Crippen molar-refractivity contribution in [2.24, 2.45) is 0 Å². The highest BCUT2D eigenvalue weighted by molar-refractivity contribution is 5.63. The van der Waals surface area contributed by atoms with Gasteiger partial charge in [-0.2, -0.15) is 0 Å². The second kappa shape index (κ2) is 7.78. The highest BCUT2D eigenvalue weighted by Gasteiger charge is 2.03. The van der Waals surface area contributed by atoms with E-state index in [2.05, 4.69) is 15.8 Å². The lowest BCUT2D eigenvalue weighted by atomic mass is 10.2. The lowest BCUT2D eigenvalue weighted by Gasteiger charge is -2.10. The molecule has 114 valence electrons. The van der Waals surface area contributed by atoms with Gasteiger partial charge >= 0.3 is 0 Å². The van der Waals surface area contributed by atoms with E-state index in [1.165, 1.54) is 18.2 Å². The maximum atomic E-state index is 12.8. The summed E-state index contributed by atoms with van der Waals surface area (Å²) < 4.78 is 12.8. The van der Waals surface area contributed by atoms with Gasteiger partial charge < -0.3 is 11.1 Å². The largest absolute Gasteiger partial charge is 0.382 e. The van der Waals surface area contributed by atoms with Crippen molar-refractivity contribution in [2.45, 2.75) is 6.54 Å². The fraction of sp³-hybridized carbons (Fsp3) is 0.133. The normalized spacial score (nSPS) is 9.86. The van der Waals surface area contributed by atoms with Crippen LogP contribution < -0.4 is 16.5 Å². The molecule has 0 bridgehead atoms. The van der Waals surface area contributed by atoms with E-state index < -0.39 is 0 Å². The minimum absolute atomic E-state index is 0.0769. The van der Waals surface area contributed by atoms with Gasteiger partial charge in [0.05, 0.1) is 0 Å². The zero-order valence-corrected chi connectivity index (χ0v) is 11.7. The summed E-state index contributed by atoms with van der Waals surface area (Å²) in [5.41, 5.74) is 9.80. The predicted molar refractivity (Wildman–Crippen MR) is 82.2 cm³/mol. The van der Waals surface area contributed by atoms with Crippen molar-refractivity contribution < 1.29 is 14.0 Å². The molecule has 0 saturated heterocycles. The van der Waals surface area contributed by atoms with Crippen LogP contribution in [-0.4, -0.2) is 17.5 Å². The van der Waals surface area contributed by atoms with Crippen LogP contribution in [0.25, 0.3) is 0 Å². The van der Waals surface area contributed by atoms with Crippen LogP contribution >= 0.6 is 0 Å². The van der Waals surface area contributed by atoms with E-state index in [0.717, 1.165) is 5.56 Å². The summed E-state index contributed by atoms with van der Waals surface area (Å²) in [4.78, 5) is 19.1. The number of aromatic nitrogens is 1. The highest BCUT2D eigenvalue weighted by atomic mass is 19.1. The first-order chi connectivity index (χ1) is 10.7. The van der Waals surface area contributed by atoms with Crippen LogP contribution in [0.3, 0.4) is 0 Å². The van der Waals surface area contributed by atoms with Gasteiger partial charge in [-0.05, 0) is 29.8 Å². The molecule has 1 aromatic carbocycles. The zero-order valence-electron chi connectivity index (χ0n) is 11.7. The minimum atomic E-state index is -0.272. The molecule has 0 aliphatic carbocycles. The lowest BCUT2D eigenvalue weighted by molar-refractivity contribution is 0.229. The van der Waals surface area contributed by atoms with Crippen LogP contribution in [0.1, 0.15) is 5.56 Å². The number of hydrogen-bond donors (Lipinski definition) is 3. The SMILES string of the molecule is Nc1nc(NCc2ccc(F)cc2)ccc1NOCC=C=O. The fourth-order valence-corrected chi connectivity index (χ4v) is 1.65. The number of halogens is 1. The number of carbonyl (C=O) groups excluding carboxylic acids is 1. The molecule has 0 amide bonds. The third-order valence-electron chi connectivity index (χ3n) is 2.74. The number of pyridine rings is 1. The van der Waals surface area contributed by atoms with Crippen molar-refractivity contribution in [2.75, 3.05) is 23.1 Å². The topological polar surface area (TPSA) is 89.3 Å². The lowest BCUT2D eigenvalue weighted by Crippen LogP contribution is -2.07. The first-order valence-electron chi connectivity index (χ1n) is 6.51. The van der Waals surface area contributed by atoms with E-state index in [0.29, 0.717) is 18.1 Å². The standard InChI is InChI=1S/C15H15FN4O2/c16-12-4-2-11(3-5-12)10-18-14-7-6-13(15(17)19-14)20-22-9-1-8-21/h1-7,20H,9-10H2,(H3,17,18,19). The molecule has 4 N–H and O–H groups in total. The summed E-state index contributed by atoms with van der Waals surface area (Å²) in [6.45, 7) is 0.577. The van der Waals surface area contributed by atoms with Gasteiger partial charge in [0, 0.05) is 12.6 Å². The second-order valence-corrected chi connectivity index (χ2v) is 4.34. The number of anilines is 3. The van der Waals surface area contributed by atoms with Gasteiger partial charge in [0.1, 0.15) is 29.9 Å². The Morgan fingerprint density at radius 1 is 1.27 bits per heavy atom. The molecule has 0 atom stereocenters.